The summed E-state index contributed by atoms with van der Waals surface area (Å²) in [6.07, 6.45) is 1.21. The van der Waals surface area contributed by atoms with Crippen LogP contribution in [0.5, 0.6) is 5.75 Å². The van der Waals surface area contributed by atoms with Crippen molar-refractivity contribution in [2.45, 2.75) is 6.92 Å². The van der Waals surface area contributed by atoms with E-state index in [1.807, 2.05) is 24.0 Å². The molecule has 3 heterocycles. The van der Waals surface area contributed by atoms with E-state index in [9.17, 15) is 19.8 Å². The Bertz CT molecular complexity index is 1100. The Kier molecular flexibility index (Phi) is 5.05. The van der Waals surface area contributed by atoms with Crippen molar-refractivity contribution in [3.8, 4) is 17.1 Å². The number of benzene rings is 1. The number of anilines is 1. The maximum Gasteiger partial charge on any atom is 0.354 e. The van der Waals surface area contributed by atoms with Gasteiger partial charge in [0.15, 0.2) is 17.2 Å². The van der Waals surface area contributed by atoms with E-state index in [1.165, 1.54) is 6.33 Å². The molecule has 0 atom stereocenters. The highest BCUT2D eigenvalue weighted by molar-refractivity contribution is 6.02. The normalized spacial score (nSPS) is 14.0. The number of phenolic OH excluding ortho intramolecular Hbond substituents is 1. The highest BCUT2D eigenvalue weighted by Gasteiger charge is 2.28. The van der Waals surface area contributed by atoms with Crippen molar-refractivity contribution in [2.24, 2.45) is 0 Å². The molecule has 1 aliphatic rings. The molecule has 3 N–H and O–H groups in total. The number of aromatic amines is 1. The number of H-pyrrole nitrogens is 1. The lowest BCUT2D eigenvalue weighted by molar-refractivity contribution is 0.0666. The topological polar surface area (TPSA) is 136 Å². The predicted octanol–water partition coefficient (Wildman–Crippen LogP) is 1.54. The molecule has 1 fully saturated rings. The van der Waals surface area contributed by atoms with Crippen molar-refractivity contribution in [3.05, 3.63) is 53.7 Å². The number of aryl methyl sites for hydroxylation is 1. The number of carbonyl (C=O) groups is 2. The Balaban J connectivity index is 1.51. The molecular weight excluding hydrogens is 388 g/mol. The molecule has 3 aromatic rings. The van der Waals surface area contributed by atoms with Gasteiger partial charge in [0.05, 0.1) is 11.9 Å². The van der Waals surface area contributed by atoms with E-state index in [4.69, 9.17) is 0 Å². The average molecular weight is 408 g/mol. The molecule has 0 unspecified atom stereocenters. The number of nitrogens with zero attached hydrogens (tertiary/aromatic N) is 5. The molecular formula is C20H20N6O4. The number of hydrogen-bond donors (Lipinski definition) is 3. The standard InChI is InChI=1S/C20H20N6O4/c1-12-10-15(24-18(23-12)13-4-2-3-5-14(13)27)25-6-8-26(9-7-25)19(28)16-17(20(29)30)22-11-21-16/h2-5,10-11,27H,6-9H2,1H3,(H,21,22)(H,29,30). The minimum absolute atomic E-state index is 0.0873. The van der Waals surface area contributed by atoms with Crippen LogP contribution in [0.4, 0.5) is 5.82 Å². The molecule has 1 aromatic carbocycles. The summed E-state index contributed by atoms with van der Waals surface area (Å²) in [4.78, 5) is 42.9. The zero-order chi connectivity index (χ0) is 21.3. The number of aromatic hydroxyl groups is 1. The van der Waals surface area contributed by atoms with Crippen molar-refractivity contribution >= 4 is 17.7 Å². The number of nitrogens with one attached hydrogen (secondary N) is 1. The maximum atomic E-state index is 12.7. The second-order valence-electron chi connectivity index (χ2n) is 6.92. The third-order valence-corrected chi connectivity index (χ3v) is 4.93. The van der Waals surface area contributed by atoms with Gasteiger partial charge in [0.2, 0.25) is 0 Å². The molecule has 0 aliphatic carbocycles. The first kappa shape index (κ1) is 19.4. The van der Waals surface area contributed by atoms with E-state index in [1.54, 1.807) is 23.1 Å². The van der Waals surface area contributed by atoms with E-state index in [-0.39, 0.29) is 17.1 Å². The van der Waals surface area contributed by atoms with Crippen LogP contribution in [0.3, 0.4) is 0 Å². The first-order valence-corrected chi connectivity index (χ1v) is 9.39. The van der Waals surface area contributed by atoms with Crippen molar-refractivity contribution < 1.29 is 19.8 Å². The summed E-state index contributed by atoms with van der Waals surface area (Å²) >= 11 is 0. The maximum absolute atomic E-state index is 12.7. The van der Waals surface area contributed by atoms with Crippen LogP contribution in [0, 0.1) is 6.92 Å². The summed E-state index contributed by atoms with van der Waals surface area (Å²) in [5.74, 6) is -0.384. The summed E-state index contributed by atoms with van der Waals surface area (Å²) in [7, 11) is 0. The lowest BCUT2D eigenvalue weighted by Crippen LogP contribution is -2.49. The molecule has 0 spiro atoms. The van der Waals surface area contributed by atoms with E-state index in [0.717, 1.165) is 5.69 Å². The highest BCUT2D eigenvalue weighted by atomic mass is 16.4. The van der Waals surface area contributed by atoms with Crippen molar-refractivity contribution in [3.63, 3.8) is 0 Å². The SMILES string of the molecule is Cc1cc(N2CCN(C(=O)c3nc[nH]c3C(=O)O)CC2)nc(-c2ccccc2O)n1. The smallest absolute Gasteiger partial charge is 0.354 e. The Hall–Kier alpha value is -3.95. The van der Waals surface area contributed by atoms with Gasteiger partial charge >= 0.3 is 5.97 Å². The number of aromatic carboxylic acids is 1. The van der Waals surface area contributed by atoms with E-state index < -0.39 is 11.9 Å². The fourth-order valence-corrected chi connectivity index (χ4v) is 3.40. The molecule has 1 aliphatic heterocycles. The van der Waals surface area contributed by atoms with Gasteiger partial charge in [-0.2, -0.15) is 0 Å². The lowest BCUT2D eigenvalue weighted by Gasteiger charge is -2.35. The number of rotatable bonds is 4. The quantitative estimate of drug-likeness (QED) is 0.592. The molecule has 0 saturated carbocycles. The van der Waals surface area contributed by atoms with Gasteiger partial charge in [0.1, 0.15) is 11.6 Å². The van der Waals surface area contributed by atoms with Gasteiger partial charge in [-0.3, -0.25) is 4.79 Å². The first-order chi connectivity index (χ1) is 14.4. The average Bonchev–Trinajstić information content (AvgIpc) is 3.23. The molecule has 1 saturated heterocycles. The minimum atomic E-state index is -1.22. The van der Waals surface area contributed by atoms with Gasteiger partial charge in [0.25, 0.3) is 5.91 Å². The predicted molar refractivity (Wildman–Crippen MR) is 108 cm³/mol. The summed E-state index contributed by atoms with van der Waals surface area (Å²) in [6.45, 7) is 3.71. The molecule has 154 valence electrons. The van der Waals surface area contributed by atoms with Gasteiger partial charge in [-0.05, 0) is 19.1 Å². The summed E-state index contributed by atoms with van der Waals surface area (Å²) in [5, 5.41) is 19.3. The first-order valence-electron chi connectivity index (χ1n) is 9.39. The zero-order valence-corrected chi connectivity index (χ0v) is 16.2. The highest BCUT2D eigenvalue weighted by Crippen LogP contribution is 2.28. The van der Waals surface area contributed by atoms with Crippen LogP contribution in [0.25, 0.3) is 11.4 Å². The van der Waals surface area contributed by atoms with E-state index in [0.29, 0.717) is 43.4 Å². The van der Waals surface area contributed by atoms with Gasteiger partial charge in [0, 0.05) is 37.9 Å². The Morgan fingerprint density at radius 2 is 1.83 bits per heavy atom. The van der Waals surface area contributed by atoms with Gasteiger partial charge in [-0.25, -0.2) is 19.7 Å². The number of para-hydroxylation sites is 1. The second-order valence-corrected chi connectivity index (χ2v) is 6.92. The summed E-state index contributed by atoms with van der Waals surface area (Å²) in [5.41, 5.74) is 1.02. The minimum Gasteiger partial charge on any atom is -0.507 e. The number of aromatic nitrogens is 4. The fourth-order valence-electron chi connectivity index (χ4n) is 3.40. The van der Waals surface area contributed by atoms with Crippen molar-refractivity contribution in [1.29, 1.82) is 0 Å². The number of carboxylic acids is 1. The number of amides is 1. The van der Waals surface area contributed by atoms with Crippen LogP contribution in [0.2, 0.25) is 0 Å². The lowest BCUT2D eigenvalue weighted by atomic mass is 10.2. The number of imidazole rings is 1. The Morgan fingerprint density at radius 3 is 2.53 bits per heavy atom. The van der Waals surface area contributed by atoms with Gasteiger partial charge < -0.3 is 25.0 Å². The zero-order valence-electron chi connectivity index (χ0n) is 16.2. The van der Waals surface area contributed by atoms with Gasteiger partial charge in [-0.15, -0.1) is 0 Å². The summed E-state index contributed by atoms with van der Waals surface area (Å²) in [6, 6.07) is 8.75. The molecule has 2 aromatic heterocycles. The summed E-state index contributed by atoms with van der Waals surface area (Å²) < 4.78 is 0. The number of hydrogen-bond acceptors (Lipinski definition) is 7. The monoisotopic (exact) mass is 408 g/mol. The fraction of sp³-hybridized carbons (Fsp3) is 0.250. The van der Waals surface area contributed by atoms with E-state index in [2.05, 4.69) is 19.9 Å². The Labute approximate surface area is 171 Å². The molecule has 30 heavy (non-hydrogen) atoms. The Morgan fingerprint density at radius 1 is 1.10 bits per heavy atom. The van der Waals surface area contributed by atoms with Gasteiger partial charge in [-0.1, -0.05) is 12.1 Å². The molecule has 10 nitrogen and oxygen atoms in total. The number of piperazine rings is 1. The van der Waals surface area contributed by atoms with Crippen molar-refractivity contribution in [1.82, 2.24) is 24.8 Å². The second kappa shape index (κ2) is 7.82. The van der Waals surface area contributed by atoms with Crippen LogP contribution in [-0.4, -0.2) is 73.1 Å². The largest absolute Gasteiger partial charge is 0.507 e. The third-order valence-electron chi connectivity index (χ3n) is 4.93. The molecule has 10 heteroatoms. The molecule has 4 rings (SSSR count). The van der Waals surface area contributed by atoms with Crippen LogP contribution in [-0.2, 0) is 0 Å². The number of carbonyl (C=O) groups excluding carboxylic acids is 1. The van der Waals surface area contributed by atoms with Crippen LogP contribution < -0.4 is 4.90 Å². The molecule has 1 amide bonds. The van der Waals surface area contributed by atoms with Crippen LogP contribution >= 0.6 is 0 Å². The van der Waals surface area contributed by atoms with Crippen molar-refractivity contribution in [2.75, 3.05) is 31.1 Å². The third kappa shape index (κ3) is 3.66. The van der Waals surface area contributed by atoms with Crippen LogP contribution in [0.15, 0.2) is 36.7 Å². The number of phenols is 1. The molecule has 0 bridgehead atoms. The number of carboxylic acid groups (broad SMARTS) is 1. The molecule has 0 radical (unpaired) electrons. The van der Waals surface area contributed by atoms with E-state index >= 15 is 0 Å². The van der Waals surface area contributed by atoms with Crippen LogP contribution in [0.1, 0.15) is 26.7 Å².